The number of nitrogens with zero attached hydrogens (tertiary/aromatic N) is 7. The number of aliphatic hydroxyl groups excluding tert-OH is 2. The Morgan fingerprint density at radius 3 is 2.38 bits per heavy atom. The van der Waals surface area contributed by atoms with Gasteiger partial charge in [-0.3, -0.25) is 4.79 Å². The van der Waals surface area contributed by atoms with E-state index in [9.17, 15) is 15.0 Å². The number of halogens is 2. The van der Waals surface area contributed by atoms with Gasteiger partial charge in [0.15, 0.2) is 5.82 Å². The molecule has 1 amide bonds. The lowest BCUT2D eigenvalue weighted by atomic mass is 10.0. The van der Waals surface area contributed by atoms with Crippen molar-refractivity contribution in [3.63, 3.8) is 0 Å². The number of aryl methyl sites for hydroxylation is 1. The zero-order valence-corrected chi connectivity index (χ0v) is 23.3. The minimum atomic E-state index is -1.02. The molecule has 0 unspecified atom stereocenters. The molecule has 2 atom stereocenters. The molecule has 220 valence electrons. The molecule has 0 radical (unpaired) electrons. The van der Waals surface area contributed by atoms with Crippen molar-refractivity contribution in [1.29, 1.82) is 0 Å². The topological polar surface area (TPSA) is 121 Å². The Hall–Kier alpha value is -4.03. The van der Waals surface area contributed by atoms with Crippen molar-refractivity contribution in [2.24, 2.45) is 0 Å². The van der Waals surface area contributed by atoms with E-state index < -0.39 is 29.7 Å². The third kappa shape index (κ3) is 5.43. The minimum Gasteiger partial charge on any atom is -0.388 e. The average molecular weight is 578 g/mol. The predicted octanol–water partition coefficient (Wildman–Crippen LogP) is 3.06. The van der Waals surface area contributed by atoms with Gasteiger partial charge in [0.05, 0.1) is 23.3 Å². The highest BCUT2D eigenvalue weighted by molar-refractivity contribution is 5.94. The first-order valence-corrected chi connectivity index (χ1v) is 14.3. The Labute approximate surface area is 241 Å². The number of hydrogen-bond acceptors (Lipinski definition) is 8. The summed E-state index contributed by atoms with van der Waals surface area (Å²) < 4.78 is 32.4. The average Bonchev–Trinajstić information content (AvgIpc) is 3.53. The molecule has 42 heavy (non-hydrogen) atoms. The first kappa shape index (κ1) is 28.1. The van der Waals surface area contributed by atoms with Crippen LogP contribution < -0.4 is 4.90 Å². The van der Waals surface area contributed by atoms with Crippen LogP contribution in [0.1, 0.15) is 59.4 Å². The van der Waals surface area contributed by atoms with Crippen LogP contribution in [-0.4, -0.2) is 83.9 Å². The molecule has 3 aromatic heterocycles. The molecule has 2 N–H and O–H groups in total. The second-order valence-electron chi connectivity index (χ2n) is 11.1. The summed E-state index contributed by atoms with van der Waals surface area (Å²) in [4.78, 5) is 33.9. The van der Waals surface area contributed by atoms with Crippen molar-refractivity contribution in [1.82, 2.24) is 29.4 Å². The number of amides is 1. The number of β-amino-alcohol motifs (C(OH)–C–C–N with tert-alkyl or cyclic N) is 2. The largest absolute Gasteiger partial charge is 0.388 e. The van der Waals surface area contributed by atoms with Crippen molar-refractivity contribution < 1.29 is 23.8 Å². The fraction of sp³-hybridized carbons (Fsp3) is 0.433. The molecule has 10 nitrogen and oxygen atoms in total. The molecule has 2 saturated heterocycles. The third-order valence-electron chi connectivity index (χ3n) is 8.22. The molecule has 0 spiro atoms. The number of rotatable bonds is 7. The van der Waals surface area contributed by atoms with Gasteiger partial charge in [0.25, 0.3) is 5.91 Å². The van der Waals surface area contributed by atoms with E-state index in [-0.39, 0.29) is 42.1 Å². The van der Waals surface area contributed by atoms with E-state index in [1.807, 2.05) is 17.0 Å². The first-order valence-electron chi connectivity index (χ1n) is 14.3. The molecule has 2 aliphatic heterocycles. The number of benzene rings is 1. The highest BCUT2D eigenvalue weighted by Crippen LogP contribution is 2.31. The minimum absolute atomic E-state index is 0.0164. The maximum atomic E-state index is 15.4. The van der Waals surface area contributed by atoms with Crippen molar-refractivity contribution in [3.8, 4) is 0 Å². The first-order chi connectivity index (χ1) is 20.3. The van der Waals surface area contributed by atoms with E-state index in [2.05, 4.69) is 31.8 Å². The standard InChI is InChI=1S/C30H33F2N7O3/c1-2-3-18-12-33-30(34-13-18)37-8-6-21(7-9-37)39-14-23(32)27-24(35-17-36-28(27)39)11-19-4-5-20(10-22(19)31)29(42)38-15-25(40)26(41)16-38/h4-5,10,12-14,17,21,25-26,40-41H,2-3,6-9,11,15-16H2,1H3/t25-,26-/m1/s1. The number of anilines is 1. The quantitative estimate of drug-likeness (QED) is 0.344. The van der Waals surface area contributed by atoms with E-state index in [0.29, 0.717) is 17.3 Å². The fourth-order valence-corrected chi connectivity index (χ4v) is 5.91. The van der Waals surface area contributed by atoms with Crippen LogP contribution in [0.5, 0.6) is 0 Å². The second kappa shape index (κ2) is 11.7. The van der Waals surface area contributed by atoms with E-state index >= 15 is 8.78 Å². The number of aliphatic hydroxyl groups is 2. The Kier molecular flexibility index (Phi) is 7.82. The maximum Gasteiger partial charge on any atom is 0.254 e. The number of hydrogen-bond donors (Lipinski definition) is 2. The third-order valence-corrected chi connectivity index (χ3v) is 8.22. The van der Waals surface area contributed by atoms with Crippen molar-refractivity contribution in [2.45, 2.75) is 57.3 Å². The molecule has 1 aromatic carbocycles. The molecular formula is C30H33F2N7O3. The number of piperidine rings is 1. The molecule has 0 saturated carbocycles. The number of carbonyl (C=O) groups excluding carboxylic acids is 1. The molecule has 2 aliphatic rings. The van der Waals surface area contributed by atoms with Gasteiger partial charge in [0.2, 0.25) is 5.95 Å². The van der Waals surface area contributed by atoms with Gasteiger partial charge in [0, 0.05) is 62.8 Å². The molecule has 6 rings (SSSR count). The Balaban J connectivity index is 1.17. The van der Waals surface area contributed by atoms with Crippen LogP contribution >= 0.6 is 0 Å². The van der Waals surface area contributed by atoms with Crippen molar-refractivity contribution in [2.75, 3.05) is 31.1 Å². The van der Waals surface area contributed by atoms with Gasteiger partial charge < -0.3 is 24.6 Å². The number of carbonyl (C=O) groups is 1. The predicted molar refractivity (Wildman–Crippen MR) is 151 cm³/mol. The molecule has 0 bridgehead atoms. The zero-order chi connectivity index (χ0) is 29.4. The summed E-state index contributed by atoms with van der Waals surface area (Å²) in [6.07, 6.45) is 8.07. The Morgan fingerprint density at radius 1 is 1.00 bits per heavy atom. The maximum absolute atomic E-state index is 15.4. The monoisotopic (exact) mass is 577 g/mol. The van der Waals surface area contributed by atoms with Crippen LogP contribution in [0.3, 0.4) is 0 Å². The van der Waals surface area contributed by atoms with Crippen LogP contribution in [0.2, 0.25) is 0 Å². The van der Waals surface area contributed by atoms with Gasteiger partial charge in [0.1, 0.15) is 17.8 Å². The Bertz CT molecular complexity index is 1580. The lowest BCUT2D eigenvalue weighted by molar-refractivity contribution is 0.0572. The van der Waals surface area contributed by atoms with Crippen LogP contribution in [0.25, 0.3) is 11.0 Å². The van der Waals surface area contributed by atoms with E-state index in [1.165, 1.54) is 29.6 Å². The fourth-order valence-electron chi connectivity index (χ4n) is 5.91. The summed E-state index contributed by atoms with van der Waals surface area (Å²) in [7, 11) is 0. The second-order valence-corrected chi connectivity index (χ2v) is 11.1. The molecule has 12 heteroatoms. The van der Waals surface area contributed by atoms with Crippen LogP contribution in [0, 0.1) is 11.6 Å². The van der Waals surface area contributed by atoms with Gasteiger partial charge in [-0.2, -0.15) is 0 Å². The van der Waals surface area contributed by atoms with E-state index in [0.717, 1.165) is 50.4 Å². The SMILES string of the molecule is CCCc1cnc(N2CCC(n3cc(F)c4c(Cc5ccc(C(=O)N6C[C@@H](O)[C@H](O)C6)cc5F)ncnc43)CC2)nc1. The highest BCUT2D eigenvalue weighted by atomic mass is 19.1. The van der Waals surface area contributed by atoms with Gasteiger partial charge >= 0.3 is 0 Å². The smallest absolute Gasteiger partial charge is 0.254 e. The van der Waals surface area contributed by atoms with Crippen molar-refractivity contribution in [3.05, 3.63) is 77.1 Å². The van der Waals surface area contributed by atoms with Gasteiger partial charge in [-0.15, -0.1) is 0 Å². The molecule has 2 fully saturated rings. The summed E-state index contributed by atoms with van der Waals surface area (Å²) in [5.74, 6) is -0.858. The van der Waals surface area contributed by atoms with Gasteiger partial charge in [-0.1, -0.05) is 19.4 Å². The van der Waals surface area contributed by atoms with E-state index in [1.54, 1.807) is 0 Å². The summed E-state index contributed by atoms with van der Waals surface area (Å²) in [6, 6.07) is 4.14. The molecule has 0 aliphatic carbocycles. The lowest BCUT2D eigenvalue weighted by Crippen LogP contribution is -2.35. The van der Waals surface area contributed by atoms with Gasteiger partial charge in [-0.05, 0) is 42.5 Å². The zero-order valence-electron chi connectivity index (χ0n) is 23.3. The lowest BCUT2D eigenvalue weighted by Gasteiger charge is -2.32. The van der Waals surface area contributed by atoms with E-state index in [4.69, 9.17) is 0 Å². The molecule has 5 heterocycles. The number of aromatic nitrogens is 5. The van der Waals surface area contributed by atoms with Gasteiger partial charge in [-0.25, -0.2) is 28.7 Å². The number of likely N-dealkylation sites (tertiary alicyclic amines) is 1. The van der Waals surface area contributed by atoms with Crippen LogP contribution in [0.4, 0.5) is 14.7 Å². The summed E-state index contributed by atoms with van der Waals surface area (Å²) >= 11 is 0. The summed E-state index contributed by atoms with van der Waals surface area (Å²) in [5.41, 5.74) is 2.32. The van der Waals surface area contributed by atoms with Crippen LogP contribution in [-0.2, 0) is 12.8 Å². The number of fused-ring (bicyclic) bond motifs is 1. The molecule has 4 aromatic rings. The summed E-state index contributed by atoms with van der Waals surface area (Å²) in [5, 5.41) is 19.7. The molecular weight excluding hydrogens is 544 g/mol. The Morgan fingerprint density at radius 2 is 1.71 bits per heavy atom. The normalized spacial score (nSPS) is 19.6. The highest BCUT2D eigenvalue weighted by Gasteiger charge is 2.33. The van der Waals surface area contributed by atoms with Crippen LogP contribution in [0.15, 0.2) is 43.1 Å². The summed E-state index contributed by atoms with van der Waals surface area (Å²) in [6.45, 7) is 3.54. The van der Waals surface area contributed by atoms with Crippen molar-refractivity contribution >= 4 is 22.9 Å².